The summed E-state index contributed by atoms with van der Waals surface area (Å²) in [5.74, 6) is 2.13. The molecule has 6 unspecified atom stereocenters. The SMILES string of the molecule is CC1CCC(C2CCC(C3CCC(F)C(F)C3)CC2F)CC1. The van der Waals surface area contributed by atoms with Gasteiger partial charge in [-0.25, -0.2) is 13.2 Å². The van der Waals surface area contributed by atoms with Gasteiger partial charge in [0.2, 0.25) is 0 Å². The zero-order valence-electron chi connectivity index (χ0n) is 13.8. The summed E-state index contributed by atoms with van der Waals surface area (Å²) in [6.07, 6.45) is 5.60. The Morgan fingerprint density at radius 1 is 0.545 bits per heavy atom. The van der Waals surface area contributed by atoms with Crippen molar-refractivity contribution in [2.24, 2.45) is 29.6 Å². The van der Waals surface area contributed by atoms with Crippen molar-refractivity contribution >= 4 is 0 Å². The molecule has 0 saturated heterocycles. The summed E-state index contributed by atoms with van der Waals surface area (Å²) in [7, 11) is 0. The van der Waals surface area contributed by atoms with E-state index in [0.717, 1.165) is 25.2 Å². The van der Waals surface area contributed by atoms with E-state index in [9.17, 15) is 13.2 Å². The molecule has 0 heterocycles. The zero-order chi connectivity index (χ0) is 15.7. The quantitative estimate of drug-likeness (QED) is 0.582. The highest BCUT2D eigenvalue weighted by Gasteiger charge is 2.41. The molecular weight excluding hydrogens is 285 g/mol. The van der Waals surface area contributed by atoms with Crippen molar-refractivity contribution < 1.29 is 13.2 Å². The van der Waals surface area contributed by atoms with Crippen molar-refractivity contribution in [1.82, 2.24) is 0 Å². The smallest absolute Gasteiger partial charge is 0.131 e. The summed E-state index contributed by atoms with van der Waals surface area (Å²) >= 11 is 0. The molecule has 3 heteroatoms. The predicted octanol–water partition coefficient (Wildman–Crippen LogP) is 6.04. The van der Waals surface area contributed by atoms with Gasteiger partial charge in [-0.15, -0.1) is 0 Å². The highest BCUT2D eigenvalue weighted by Crippen LogP contribution is 2.46. The van der Waals surface area contributed by atoms with Crippen molar-refractivity contribution in [2.75, 3.05) is 0 Å². The third-order valence-corrected chi connectivity index (χ3v) is 6.93. The molecule has 3 fully saturated rings. The maximum Gasteiger partial charge on any atom is 0.131 e. The second kappa shape index (κ2) is 7.13. The molecule has 0 aliphatic heterocycles. The molecule has 3 saturated carbocycles. The molecule has 0 aromatic carbocycles. The lowest BCUT2D eigenvalue weighted by Crippen LogP contribution is -2.38. The number of hydrogen-bond acceptors (Lipinski definition) is 0. The lowest BCUT2D eigenvalue weighted by Gasteiger charge is -2.42. The van der Waals surface area contributed by atoms with Crippen LogP contribution in [0.2, 0.25) is 0 Å². The predicted molar refractivity (Wildman–Crippen MR) is 84.0 cm³/mol. The molecule has 3 aliphatic rings. The van der Waals surface area contributed by atoms with E-state index in [2.05, 4.69) is 6.92 Å². The van der Waals surface area contributed by atoms with Crippen LogP contribution in [0.5, 0.6) is 0 Å². The maximum absolute atomic E-state index is 14.7. The van der Waals surface area contributed by atoms with Crippen LogP contribution in [-0.4, -0.2) is 18.5 Å². The molecule has 22 heavy (non-hydrogen) atoms. The van der Waals surface area contributed by atoms with Crippen LogP contribution in [0, 0.1) is 29.6 Å². The van der Waals surface area contributed by atoms with Crippen LogP contribution >= 0.6 is 0 Å². The fourth-order valence-corrected chi connectivity index (χ4v) is 5.38. The summed E-state index contributed by atoms with van der Waals surface area (Å²) in [6.45, 7) is 2.30. The van der Waals surface area contributed by atoms with Gasteiger partial charge in [-0.2, -0.15) is 0 Å². The van der Waals surface area contributed by atoms with Crippen molar-refractivity contribution in [3.8, 4) is 0 Å². The Hall–Kier alpha value is -0.210. The zero-order valence-corrected chi connectivity index (χ0v) is 13.8. The van der Waals surface area contributed by atoms with Gasteiger partial charge in [-0.1, -0.05) is 19.8 Å². The van der Waals surface area contributed by atoms with Gasteiger partial charge >= 0.3 is 0 Å². The Balaban J connectivity index is 1.51. The molecule has 3 rings (SSSR count). The Morgan fingerprint density at radius 2 is 1.09 bits per heavy atom. The van der Waals surface area contributed by atoms with E-state index >= 15 is 0 Å². The highest BCUT2D eigenvalue weighted by molar-refractivity contribution is 4.91. The van der Waals surface area contributed by atoms with Gasteiger partial charge in [0.15, 0.2) is 0 Å². The first-order valence-corrected chi connectivity index (χ1v) is 9.46. The van der Waals surface area contributed by atoms with Gasteiger partial charge < -0.3 is 0 Å². The van der Waals surface area contributed by atoms with E-state index < -0.39 is 18.5 Å². The fourth-order valence-electron chi connectivity index (χ4n) is 5.38. The average Bonchev–Trinajstić information content (AvgIpc) is 2.51. The Kier molecular flexibility index (Phi) is 5.39. The van der Waals surface area contributed by atoms with Gasteiger partial charge in [-0.05, 0) is 81.0 Å². The standard InChI is InChI=1S/C19H31F3/c1-12-2-4-13(5-3-12)16-8-6-14(10-18(16)21)15-7-9-17(20)19(22)11-15/h12-19H,2-11H2,1H3. The summed E-state index contributed by atoms with van der Waals surface area (Å²) in [5, 5.41) is 0. The lowest BCUT2D eigenvalue weighted by molar-refractivity contribution is 0.0133. The molecule has 3 aliphatic carbocycles. The monoisotopic (exact) mass is 316 g/mol. The van der Waals surface area contributed by atoms with Crippen LogP contribution in [0.1, 0.15) is 71.1 Å². The van der Waals surface area contributed by atoms with Gasteiger partial charge in [0.1, 0.15) is 18.5 Å². The third kappa shape index (κ3) is 3.64. The normalized spacial score (nSPS) is 50.7. The summed E-state index contributed by atoms with van der Waals surface area (Å²) in [5.41, 5.74) is 0. The van der Waals surface area contributed by atoms with E-state index in [1.54, 1.807) is 0 Å². The second-order valence-corrected chi connectivity index (χ2v) is 8.38. The highest BCUT2D eigenvalue weighted by atomic mass is 19.2. The van der Waals surface area contributed by atoms with Crippen molar-refractivity contribution in [3.63, 3.8) is 0 Å². The van der Waals surface area contributed by atoms with Crippen molar-refractivity contribution in [1.29, 1.82) is 0 Å². The Labute approximate surface area is 133 Å². The third-order valence-electron chi connectivity index (χ3n) is 6.93. The van der Waals surface area contributed by atoms with E-state index in [0.29, 0.717) is 31.1 Å². The molecule has 6 atom stereocenters. The van der Waals surface area contributed by atoms with Crippen LogP contribution in [0.3, 0.4) is 0 Å². The van der Waals surface area contributed by atoms with Crippen LogP contribution < -0.4 is 0 Å². The second-order valence-electron chi connectivity index (χ2n) is 8.38. The van der Waals surface area contributed by atoms with E-state index in [-0.39, 0.29) is 11.8 Å². The molecule has 0 aromatic heterocycles. The minimum atomic E-state index is -1.31. The van der Waals surface area contributed by atoms with Gasteiger partial charge in [0.25, 0.3) is 0 Å². The fraction of sp³-hybridized carbons (Fsp3) is 1.00. The van der Waals surface area contributed by atoms with Gasteiger partial charge in [-0.3, -0.25) is 0 Å². The van der Waals surface area contributed by atoms with E-state index in [1.165, 1.54) is 25.7 Å². The molecule has 0 nitrogen and oxygen atoms in total. The number of halogens is 3. The van der Waals surface area contributed by atoms with Crippen molar-refractivity contribution in [3.05, 3.63) is 0 Å². The van der Waals surface area contributed by atoms with Crippen LogP contribution in [-0.2, 0) is 0 Å². The van der Waals surface area contributed by atoms with Gasteiger partial charge in [0.05, 0.1) is 0 Å². The van der Waals surface area contributed by atoms with Gasteiger partial charge in [0, 0.05) is 0 Å². The largest absolute Gasteiger partial charge is 0.247 e. The average molecular weight is 316 g/mol. The molecule has 0 bridgehead atoms. The van der Waals surface area contributed by atoms with E-state index in [4.69, 9.17) is 0 Å². The van der Waals surface area contributed by atoms with Crippen LogP contribution in [0.15, 0.2) is 0 Å². The topological polar surface area (TPSA) is 0 Å². The molecule has 0 N–H and O–H groups in total. The summed E-state index contributed by atoms with van der Waals surface area (Å²) in [6, 6.07) is 0. The van der Waals surface area contributed by atoms with Crippen LogP contribution in [0.4, 0.5) is 13.2 Å². The first kappa shape index (κ1) is 16.6. The summed E-state index contributed by atoms with van der Waals surface area (Å²) in [4.78, 5) is 0. The lowest BCUT2D eigenvalue weighted by atomic mass is 9.65. The van der Waals surface area contributed by atoms with Crippen LogP contribution in [0.25, 0.3) is 0 Å². The molecular formula is C19H31F3. The molecule has 128 valence electrons. The number of hydrogen-bond donors (Lipinski definition) is 0. The Morgan fingerprint density at radius 3 is 1.68 bits per heavy atom. The molecule has 0 spiro atoms. The van der Waals surface area contributed by atoms with Crippen molar-refractivity contribution in [2.45, 2.75) is 89.6 Å². The summed E-state index contributed by atoms with van der Waals surface area (Å²) < 4.78 is 41.6. The Bertz CT molecular complexity index is 351. The first-order valence-electron chi connectivity index (χ1n) is 9.46. The van der Waals surface area contributed by atoms with E-state index in [1.807, 2.05) is 0 Å². The number of alkyl halides is 3. The molecule has 0 radical (unpaired) electrons. The minimum absolute atomic E-state index is 0.215. The first-order chi connectivity index (χ1) is 10.5. The molecule has 0 aromatic rings. The maximum atomic E-state index is 14.7. The minimum Gasteiger partial charge on any atom is -0.247 e. The number of rotatable bonds is 2. The molecule has 0 amide bonds.